The summed E-state index contributed by atoms with van der Waals surface area (Å²) >= 11 is 0. The first-order valence-corrected chi connectivity index (χ1v) is 5.97. The summed E-state index contributed by atoms with van der Waals surface area (Å²) in [6, 6.07) is 9.80. The van der Waals surface area contributed by atoms with E-state index in [0.29, 0.717) is 18.4 Å². The van der Waals surface area contributed by atoms with Gasteiger partial charge in [0.2, 0.25) is 0 Å². The van der Waals surface area contributed by atoms with Crippen LogP contribution in [0.5, 0.6) is 5.75 Å². The van der Waals surface area contributed by atoms with E-state index in [1.807, 2.05) is 37.3 Å². The Kier molecular flexibility index (Phi) is 5.33. The Morgan fingerprint density at radius 2 is 1.75 bits per heavy atom. The van der Waals surface area contributed by atoms with Gasteiger partial charge in [-0.3, -0.25) is 0 Å². The lowest BCUT2D eigenvalue weighted by molar-refractivity contribution is 0.0808. The summed E-state index contributed by atoms with van der Waals surface area (Å²) in [5.74, 6) is 1.69. The van der Waals surface area contributed by atoms with E-state index in [-0.39, 0.29) is 6.10 Å². The fourth-order valence-electron chi connectivity index (χ4n) is 1.96. The smallest absolute Gasteiger partial charge is 0.119 e. The van der Waals surface area contributed by atoms with Gasteiger partial charge in [-0.15, -0.1) is 0 Å². The predicted octanol–water partition coefficient (Wildman–Crippen LogP) is 3.11. The van der Waals surface area contributed by atoms with Crippen LogP contribution in [-0.2, 0) is 0 Å². The van der Waals surface area contributed by atoms with Gasteiger partial charge in [0.25, 0.3) is 0 Å². The number of ether oxygens (including phenoxy) is 1. The van der Waals surface area contributed by atoms with Crippen molar-refractivity contribution in [3.63, 3.8) is 0 Å². The molecule has 1 rings (SSSR count). The summed E-state index contributed by atoms with van der Waals surface area (Å²) < 4.78 is 5.63. The van der Waals surface area contributed by atoms with Gasteiger partial charge in [0.15, 0.2) is 0 Å². The largest absolute Gasteiger partial charge is 0.494 e. The summed E-state index contributed by atoms with van der Waals surface area (Å²) in [5.41, 5.74) is 0. The van der Waals surface area contributed by atoms with E-state index in [9.17, 15) is 5.11 Å². The molecule has 0 radical (unpaired) electrons. The maximum atomic E-state index is 9.62. The quantitative estimate of drug-likeness (QED) is 0.801. The first-order chi connectivity index (χ1) is 7.61. The van der Waals surface area contributed by atoms with Gasteiger partial charge in [0.1, 0.15) is 5.75 Å². The van der Waals surface area contributed by atoms with Gasteiger partial charge in [0.05, 0.1) is 12.7 Å². The first kappa shape index (κ1) is 13.0. The average molecular weight is 222 g/mol. The Hall–Kier alpha value is -1.02. The van der Waals surface area contributed by atoms with E-state index >= 15 is 0 Å². The van der Waals surface area contributed by atoms with Crippen LogP contribution >= 0.6 is 0 Å². The molecule has 2 atom stereocenters. The molecule has 0 fully saturated rings. The monoisotopic (exact) mass is 222 g/mol. The molecule has 0 spiro atoms. The lowest BCUT2D eigenvalue weighted by Crippen LogP contribution is -2.24. The molecule has 0 heterocycles. The van der Waals surface area contributed by atoms with E-state index in [1.54, 1.807) is 0 Å². The van der Waals surface area contributed by atoms with Gasteiger partial charge >= 0.3 is 0 Å². The van der Waals surface area contributed by atoms with Crippen LogP contribution in [0.25, 0.3) is 0 Å². The second-order valence-corrected chi connectivity index (χ2v) is 4.60. The Balaban J connectivity index is 2.34. The van der Waals surface area contributed by atoms with Crippen molar-refractivity contribution in [2.24, 2.45) is 11.8 Å². The topological polar surface area (TPSA) is 29.5 Å². The van der Waals surface area contributed by atoms with Crippen LogP contribution in [0.1, 0.15) is 27.2 Å². The minimum Gasteiger partial charge on any atom is -0.494 e. The van der Waals surface area contributed by atoms with Crippen LogP contribution in [0.2, 0.25) is 0 Å². The van der Waals surface area contributed by atoms with Gasteiger partial charge in [-0.25, -0.2) is 0 Å². The van der Waals surface area contributed by atoms with Crippen molar-refractivity contribution in [1.82, 2.24) is 0 Å². The maximum absolute atomic E-state index is 9.62. The van der Waals surface area contributed by atoms with Crippen LogP contribution in [0, 0.1) is 11.8 Å². The Labute approximate surface area is 98.3 Å². The molecule has 0 saturated heterocycles. The highest BCUT2D eigenvalue weighted by Gasteiger charge is 2.18. The molecule has 0 aliphatic heterocycles. The second kappa shape index (κ2) is 6.54. The van der Waals surface area contributed by atoms with Crippen molar-refractivity contribution in [2.75, 3.05) is 6.61 Å². The Morgan fingerprint density at radius 3 is 2.25 bits per heavy atom. The van der Waals surface area contributed by atoms with Gasteiger partial charge < -0.3 is 9.84 Å². The molecule has 0 aromatic heterocycles. The van der Waals surface area contributed by atoms with Crippen molar-refractivity contribution in [3.8, 4) is 5.75 Å². The van der Waals surface area contributed by atoms with Crippen LogP contribution < -0.4 is 4.74 Å². The molecule has 0 saturated carbocycles. The molecule has 0 amide bonds. The maximum Gasteiger partial charge on any atom is 0.119 e. The number of aliphatic hydroxyl groups excluding tert-OH is 1. The van der Waals surface area contributed by atoms with Crippen molar-refractivity contribution in [1.29, 1.82) is 0 Å². The number of hydrogen-bond acceptors (Lipinski definition) is 2. The summed E-state index contributed by atoms with van der Waals surface area (Å²) in [5, 5.41) is 9.62. The summed E-state index contributed by atoms with van der Waals surface area (Å²) in [7, 11) is 0. The zero-order valence-corrected chi connectivity index (χ0v) is 10.4. The Bertz CT molecular complexity index is 272. The predicted molar refractivity (Wildman–Crippen MR) is 66.6 cm³/mol. The normalized spacial score (nSPS) is 14.8. The fraction of sp³-hybridized carbons (Fsp3) is 0.571. The standard InChI is InChI=1S/C14H22O2/c1-11(2)14(12(3)15)9-10-16-13-7-5-4-6-8-13/h4-8,11-12,14-15H,9-10H2,1-3H3. The highest BCUT2D eigenvalue weighted by atomic mass is 16.5. The minimum absolute atomic E-state index is 0.264. The van der Waals surface area contributed by atoms with Crippen LogP contribution in [-0.4, -0.2) is 17.8 Å². The lowest BCUT2D eigenvalue weighted by Gasteiger charge is -2.23. The zero-order valence-electron chi connectivity index (χ0n) is 10.4. The molecule has 0 aliphatic rings. The molecule has 2 heteroatoms. The minimum atomic E-state index is -0.264. The number of aliphatic hydroxyl groups is 1. The molecule has 2 nitrogen and oxygen atoms in total. The molecular formula is C14H22O2. The fourth-order valence-corrected chi connectivity index (χ4v) is 1.96. The third kappa shape index (κ3) is 4.23. The van der Waals surface area contributed by atoms with E-state index in [2.05, 4.69) is 13.8 Å². The van der Waals surface area contributed by atoms with Crippen molar-refractivity contribution in [3.05, 3.63) is 30.3 Å². The molecule has 1 N–H and O–H groups in total. The SMILES string of the molecule is CC(C)C(CCOc1ccccc1)C(C)O. The van der Waals surface area contributed by atoms with E-state index in [4.69, 9.17) is 4.74 Å². The summed E-state index contributed by atoms with van der Waals surface area (Å²) in [6.07, 6.45) is 0.629. The van der Waals surface area contributed by atoms with Crippen molar-refractivity contribution >= 4 is 0 Å². The molecule has 1 aromatic rings. The highest BCUT2D eigenvalue weighted by molar-refractivity contribution is 5.20. The average Bonchev–Trinajstić information content (AvgIpc) is 2.24. The van der Waals surface area contributed by atoms with E-state index < -0.39 is 0 Å². The van der Waals surface area contributed by atoms with Gasteiger partial charge in [0, 0.05) is 0 Å². The van der Waals surface area contributed by atoms with Crippen LogP contribution in [0.4, 0.5) is 0 Å². The Morgan fingerprint density at radius 1 is 1.12 bits per heavy atom. The third-order valence-electron chi connectivity index (χ3n) is 2.94. The van der Waals surface area contributed by atoms with Crippen LogP contribution in [0.15, 0.2) is 30.3 Å². The highest BCUT2D eigenvalue weighted by Crippen LogP contribution is 2.20. The molecule has 2 unspecified atom stereocenters. The van der Waals surface area contributed by atoms with Gasteiger partial charge in [-0.2, -0.15) is 0 Å². The van der Waals surface area contributed by atoms with Crippen molar-refractivity contribution in [2.45, 2.75) is 33.3 Å². The number of benzene rings is 1. The lowest BCUT2D eigenvalue weighted by atomic mass is 9.88. The molecule has 0 bridgehead atoms. The number of para-hydroxylation sites is 1. The number of rotatable bonds is 6. The third-order valence-corrected chi connectivity index (χ3v) is 2.94. The second-order valence-electron chi connectivity index (χ2n) is 4.60. The first-order valence-electron chi connectivity index (χ1n) is 5.97. The van der Waals surface area contributed by atoms with Crippen LogP contribution in [0.3, 0.4) is 0 Å². The van der Waals surface area contributed by atoms with Gasteiger partial charge in [-0.05, 0) is 37.3 Å². The van der Waals surface area contributed by atoms with E-state index in [0.717, 1.165) is 12.2 Å². The van der Waals surface area contributed by atoms with E-state index in [1.165, 1.54) is 0 Å². The number of hydrogen-bond donors (Lipinski definition) is 1. The molecule has 16 heavy (non-hydrogen) atoms. The summed E-state index contributed by atoms with van der Waals surface area (Å²) in [6.45, 7) is 6.80. The molecule has 0 aliphatic carbocycles. The summed E-state index contributed by atoms with van der Waals surface area (Å²) in [4.78, 5) is 0. The molecule has 90 valence electrons. The zero-order chi connectivity index (χ0) is 12.0. The van der Waals surface area contributed by atoms with Gasteiger partial charge in [-0.1, -0.05) is 32.0 Å². The molecule has 1 aromatic carbocycles. The van der Waals surface area contributed by atoms with Crippen molar-refractivity contribution < 1.29 is 9.84 Å². The molecular weight excluding hydrogens is 200 g/mol.